The fourth-order valence-corrected chi connectivity index (χ4v) is 0.715. The van der Waals surface area contributed by atoms with Crippen molar-refractivity contribution in [1.82, 2.24) is 0 Å². The molecule has 0 saturated carbocycles. The van der Waals surface area contributed by atoms with Crippen LogP contribution in [0.1, 0.15) is 6.42 Å². The summed E-state index contributed by atoms with van der Waals surface area (Å²) >= 11 is 0. The van der Waals surface area contributed by atoms with Gasteiger partial charge in [0.1, 0.15) is 12.2 Å². The maximum atomic E-state index is 10.1. The van der Waals surface area contributed by atoms with Crippen LogP contribution in [0.3, 0.4) is 0 Å². The van der Waals surface area contributed by atoms with Crippen LogP contribution < -0.4 is 5.73 Å². The molecule has 0 fully saturated rings. The van der Waals surface area contributed by atoms with E-state index in [0.29, 0.717) is 0 Å². The van der Waals surface area contributed by atoms with Crippen molar-refractivity contribution in [2.45, 2.75) is 18.6 Å². The molecule has 0 saturated heterocycles. The zero-order chi connectivity index (χ0) is 11.3. The van der Waals surface area contributed by atoms with Gasteiger partial charge in [-0.3, -0.25) is 4.79 Å². The van der Waals surface area contributed by atoms with Gasteiger partial charge in [-0.05, 0) is 0 Å². The van der Waals surface area contributed by atoms with Crippen LogP contribution in [-0.4, -0.2) is 50.3 Å². The quantitative estimate of drug-likeness (QED) is 0.300. The van der Waals surface area contributed by atoms with Crippen molar-refractivity contribution in [3.8, 4) is 0 Å². The lowest BCUT2D eigenvalue weighted by Gasteiger charge is -2.12. The number of carboxylic acids is 1. The first-order valence-corrected chi connectivity index (χ1v) is 3.80. The molecular weight excluding hydrogens is 194 g/mol. The molecule has 0 spiro atoms. The van der Waals surface area contributed by atoms with Gasteiger partial charge in [0.05, 0.1) is 6.42 Å². The Hall–Kier alpha value is -1.31. The Morgan fingerprint density at radius 1 is 1.07 bits per heavy atom. The zero-order valence-electron chi connectivity index (χ0n) is 7.29. The molecule has 0 aliphatic rings. The van der Waals surface area contributed by atoms with Crippen LogP contribution >= 0.6 is 0 Å². The fraction of sp³-hybridized carbons (Fsp3) is 0.571. The molecule has 7 N–H and O–H groups in total. The first-order valence-electron chi connectivity index (χ1n) is 3.80. The molecule has 0 aliphatic heterocycles. The summed E-state index contributed by atoms with van der Waals surface area (Å²) in [5.74, 6) is -3.24. The van der Waals surface area contributed by atoms with Gasteiger partial charge in [0.25, 0.3) is 0 Å². The minimum absolute atomic E-state index is 0.352. The standard InChI is InChI=1S/C7H13NO6/c8-2-4(10)7(14)6(13)3(9)1-5(11)12/h3-4,9-10,13-14H,1-2,8H2,(H,11,12)/b7-6+. The Morgan fingerprint density at radius 3 is 1.86 bits per heavy atom. The normalized spacial score (nSPS) is 17.1. The van der Waals surface area contributed by atoms with Crippen molar-refractivity contribution >= 4 is 5.97 Å². The minimum Gasteiger partial charge on any atom is -0.506 e. The molecular formula is C7H13NO6. The summed E-state index contributed by atoms with van der Waals surface area (Å²) in [5, 5.41) is 44.2. The summed E-state index contributed by atoms with van der Waals surface area (Å²) in [7, 11) is 0. The van der Waals surface area contributed by atoms with Crippen LogP contribution in [0.25, 0.3) is 0 Å². The monoisotopic (exact) mass is 207 g/mol. The molecule has 0 radical (unpaired) electrons. The minimum atomic E-state index is -1.76. The van der Waals surface area contributed by atoms with Crippen LogP contribution in [0.2, 0.25) is 0 Å². The largest absolute Gasteiger partial charge is 0.506 e. The highest BCUT2D eigenvalue weighted by molar-refractivity contribution is 5.67. The molecule has 82 valence electrons. The average Bonchev–Trinajstić information content (AvgIpc) is 2.13. The smallest absolute Gasteiger partial charge is 0.306 e. The SMILES string of the molecule is NCC(O)/C(O)=C(\O)C(O)CC(=O)O. The molecule has 0 aromatic rings. The number of carboxylic acid groups (broad SMARTS) is 1. The summed E-state index contributed by atoms with van der Waals surface area (Å²) in [6.07, 6.45) is -4.04. The maximum Gasteiger partial charge on any atom is 0.306 e. The van der Waals surface area contributed by atoms with Crippen molar-refractivity contribution in [1.29, 1.82) is 0 Å². The highest BCUT2D eigenvalue weighted by Crippen LogP contribution is 2.10. The van der Waals surface area contributed by atoms with Gasteiger partial charge in [-0.2, -0.15) is 0 Å². The van der Waals surface area contributed by atoms with Gasteiger partial charge in [0, 0.05) is 6.54 Å². The number of hydrogen-bond donors (Lipinski definition) is 6. The van der Waals surface area contributed by atoms with Gasteiger partial charge < -0.3 is 31.3 Å². The van der Waals surface area contributed by atoms with Crippen molar-refractivity contribution in [2.75, 3.05) is 6.54 Å². The number of nitrogens with two attached hydrogens (primary N) is 1. The number of hydrogen-bond acceptors (Lipinski definition) is 6. The first kappa shape index (κ1) is 12.7. The summed E-state index contributed by atoms with van der Waals surface area (Å²) in [6, 6.07) is 0. The second-order valence-corrected chi connectivity index (χ2v) is 2.64. The number of aliphatic carboxylic acids is 1. The van der Waals surface area contributed by atoms with Crippen molar-refractivity contribution in [2.24, 2.45) is 5.73 Å². The Morgan fingerprint density at radius 2 is 1.50 bits per heavy atom. The summed E-state index contributed by atoms with van der Waals surface area (Å²) in [6.45, 7) is -0.352. The van der Waals surface area contributed by atoms with Crippen molar-refractivity contribution in [3.63, 3.8) is 0 Å². The van der Waals surface area contributed by atoms with Gasteiger partial charge in [-0.15, -0.1) is 0 Å². The third-order valence-corrected chi connectivity index (χ3v) is 1.48. The van der Waals surface area contributed by atoms with E-state index in [-0.39, 0.29) is 6.54 Å². The van der Waals surface area contributed by atoms with E-state index in [2.05, 4.69) is 0 Å². The summed E-state index contributed by atoms with van der Waals surface area (Å²) in [5.41, 5.74) is 4.96. The molecule has 0 aromatic heterocycles. The van der Waals surface area contributed by atoms with E-state index in [1.54, 1.807) is 0 Å². The molecule has 0 heterocycles. The van der Waals surface area contributed by atoms with Gasteiger partial charge >= 0.3 is 5.97 Å². The van der Waals surface area contributed by atoms with E-state index in [1.807, 2.05) is 0 Å². The molecule has 0 aliphatic carbocycles. The lowest BCUT2D eigenvalue weighted by Crippen LogP contribution is -2.26. The number of carbonyl (C=O) groups is 1. The van der Waals surface area contributed by atoms with Crippen LogP contribution in [0, 0.1) is 0 Å². The van der Waals surface area contributed by atoms with Crippen LogP contribution in [0.4, 0.5) is 0 Å². The number of aliphatic hydroxyl groups excluding tert-OH is 4. The third kappa shape index (κ3) is 3.60. The molecule has 0 bridgehead atoms. The fourth-order valence-electron chi connectivity index (χ4n) is 0.715. The molecule has 0 rings (SSSR count). The van der Waals surface area contributed by atoms with E-state index in [0.717, 1.165) is 0 Å². The van der Waals surface area contributed by atoms with Gasteiger partial charge in [0.15, 0.2) is 11.5 Å². The van der Waals surface area contributed by atoms with Crippen LogP contribution in [0.15, 0.2) is 11.5 Å². The molecule has 2 unspecified atom stereocenters. The molecule has 7 heteroatoms. The maximum absolute atomic E-state index is 10.1. The third-order valence-electron chi connectivity index (χ3n) is 1.48. The van der Waals surface area contributed by atoms with Crippen LogP contribution in [-0.2, 0) is 4.79 Å². The summed E-state index contributed by atoms with van der Waals surface area (Å²) in [4.78, 5) is 10.1. The van der Waals surface area contributed by atoms with Gasteiger partial charge in [-0.25, -0.2) is 0 Å². The van der Waals surface area contributed by atoms with Crippen LogP contribution in [0.5, 0.6) is 0 Å². The second-order valence-electron chi connectivity index (χ2n) is 2.64. The lowest BCUT2D eigenvalue weighted by molar-refractivity contribution is -0.139. The molecule has 2 atom stereocenters. The first-order chi connectivity index (χ1) is 6.40. The Labute approximate surface area is 79.7 Å². The molecule has 0 aromatic carbocycles. The predicted molar refractivity (Wildman–Crippen MR) is 45.6 cm³/mol. The van der Waals surface area contributed by atoms with E-state index < -0.39 is 36.1 Å². The highest BCUT2D eigenvalue weighted by atomic mass is 16.4. The van der Waals surface area contributed by atoms with E-state index in [9.17, 15) is 4.79 Å². The van der Waals surface area contributed by atoms with E-state index in [1.165, 1.54) is 0 Å². The van der Waals surface area contributed by atoms with Crippen molar-refractivity contribution in [3.05, 3.63) is 11.5 Å². The molecule has 7 nitrogen and oxygen atoms in total. The summed E-state index contributed by atoms with van der Waals surface area (Å²) < 4.78 is 0. The Kier molecular flexibility index (Phi) is 4.92. The predicted octanol–water partition coefficient (Wildman–Crippen LogP) is -1.53. The van der Waals surface area contributed by atoms with E-state index >= 15 is 0 Å². The highest BCUT2D eigenvalue weighted by Gasteiger charge is 2.21. The van der Waals surface area contributed by atoms with Gasteiger partial charge in [-0.1, -0.05) is 0 Å². The zero-order valence-corrected chi connectivity index (χ0v) is 7.29. The Bertz CT molecular complexity index is 238. The Balaban J connectivity index is 4.55. The van der Waals surface area contributed by atoms with Crippen molar-refractivity contribution < 1.29 is 30.3 Å². The number of rotatable bonds is 5. The topological polar surface area (TPSA) is 144 Å². The number of aliphatic hydroxyl groups is 4. The second kappa shape index (κ2) is 5.43. The average molecular weight is 207 g/mol. The molecule has 14 heavy (non-hydrogen) atoms. The lowest BCUT2D eigenvalue weighted by atomic mass is 10.1. The van der Waals surface area contributed by atoms with Gasteiger partial charge in [0.2, 0.25) is 0 Å². The molecule has 0 amide bonds. The van der Waals surface area contributed by atoms with E-state index in [4.69, 9.17) is 31.3 Å².